The van der Waals surface area contributed by atoms with Gasteiger partial charge in [-0.05, 0) is 19.8 Å². The second-order valence-corrected chi connectivity index (χ2v) is 3.36. The average molecular weight is 160 g/mol. The van der Waals surface area contributed by atoms with E-state index >= 15 is 0 Å². The summed E-state index contributed by atoms with van der Waals surface area (Å²) in [6.45, 7) is 3.03. The van der Waals surface area contributed by atoms with Crippen LogP contribution in [-0.2, 0) is 0 Å². The van der Waals surface area contributed by atoms with Gasteiger partial charge in [0.05, 0.1) is 0 Å². The maximum Gasteiger partial charge on any atom is 0.0365 e. The molecule has 0 aromatic rings. The number of alkyl halides is 1. The van der Waals surface area contributed by atoms with Crippen molar-refractivity contribution in [1.82, 2.24) is 5.32 Å². The van der Waals surface area contributed by atoms with Crippen molar-refractivity contribution >= 4 is 11.6 Å². The molecule has 1 saturated carbocycles. The number of nitrogens with one attached hydrogen (secondary N) is 1. The molecule has 10 heavy (non-hydrogen) atoms. The van der Waals surface area contributed by atoms with Crippen LogP contribution in [0.25, 0.3) is 0 Å². The van der Waals surface area contributed by atoms with E-state index in [2.05, 4.69) is 17.5 Å². The number of rotatable bonds is 3. The quantitative estimate of drug-likeness (QED) is 0.490. The van der Waals surface area contributed by atoms with Crippen LogP contribution in [0.3, 0.4) is 0 Å². The highest BCUT2D eigenvalue weighted by Crippen LogP contribution is 2.24. The molecule has 1 nitrogen and oxygen atoms in total. The van der Waals surface area contributed by atoms with Gasteiger partial charge in [0.25, 0.3) is 0 Å². The molecule has 2 heteroatoms. The van der Waals surface area contributed by atoms with E-state index in [4.69, 9.17) is 11.6 Å². The summed E-state index contributed by atoms with van der Waals surface area (Å²) in [5.41, 5.74) is 0. The lowest BCUT2D eigenvalue weighted by Gasteiger charge is -2.31. The van der Waals surface area contributed by atoms with E-state index in [-0.39, 0.29) is 0 Å². The first-order chi connectivity index (χ1) is 4.83. The van der Waals surface area contributed by atoms with E-state index < -0.39 is 0 Å². The fourth-order valence-electron chi connectivity index (χ4n) is 1.07. The molecule has 0 unspecified atom stereocenters. The molecule has 0 radical (unpaired) electrons. The lowest BCUT2D eigenvalue weighted by Crippen LogP contribution is -2.41. The first kappa shape index (κ1) is 8.09. The molecule has 1 fully saturated rings. The molecule has 1 aliphatic rings. The standard InChI is InChI=1S/C8H14ClN/c1-2-3-4-10-8-5-7(9)6-8/h2-3,7-8,10H,4-6H2,1H3/b3-2+. The third kappa shape index (κ3) is 2.31. The Morgan fingerprint density at radius 1 is 1.60 bits per heavy atom. The summed E-state index contributed by atoms with van der Waals surface area (Å²) in [6, 6.07) is 0.679. The fraction of sp³-hybridized carbons (Fsp3) is 0.750. The Labute approximate surface area is 67.5 Å². The van der Waals surface area contributed by atoms with E-state index in [1.54, 1.807) is 0 Å². The maximum absolute atomic E-state index is 5.80. The van der Waals surface area contributed by atoms with Crippen molar-refractivity contribution in [3.63, 3.8) is 0 Å². The van der Waals surface area contributed by atoms with Crippen LogP contribution in [0.2, 0.25) is 0 Å². The predicted octanol–water partition coefficient (Wildman–Crippen LogP) is 1.92. The van der Waals surface area contributed by atoms with Crippen molar-refractivity contribution in [3.05, 3.63) is 12.2 Å². The van der Waals surface area contributed by atoms with E-state index in [0.717, 1.165) is 19.4 Å². The molecule has 1 N–H and O–H groups in total. The molecule has 1 aliphatic carbocycles. The second-order valence-electron chi connectivity index (χ2n) is 2.74. The molecule has 0 heterocycles. The number of hydrogen-bond acceptors (Lipinski definition) is 1. The summed E-state index contributed by atoms with van der Waals surface area (Å²) >= 11 is 5.80. The van der Waals surface area contributed by atoms with Gasteiger partial charge in [-0.15, -0.1) is 11.6 Å². The van der Waals surface area contributed by atoms with Gasteiger partial charge in [0.1, 0.15) is 0 Å². The van der Waals surface area contributed by atoms with E-state index in [0.29, 0.717) is 11.4 Å². The van der Waals surface area contributed by atoms with Gasteiger partial charge < -0.3 is 5.32 Å². The largest absolute Gasteiger partial charge is 0.310 e. The Morgan fingerprint density at radius 3 is 2.80 bits per heavy atom. The first-order valence-corrected chi connectivity index (χ1v) is 4.25. The summed E-state index contributed by atoms with van der Waals surface area (Å²) in [4.78, 5) is 0. The third-order valence-electron chi connectivity index (χ3n) is 1.84. The van der Waals surface area contributed by atoms with Crippen LogP contribution in [0, 0.1) is 0 Å². The second kappa shape index (κ2) is 3.99. The van der Waals surface area contributed by atoms with Crippen LogP contribution in [0.1, 0.15) is 19.8 Å². The van der Waals surface area contributed by atoms with Crippen LogP contribution < -0.4 is 5.32 Å². The van der Waals surface area contributed by atoms with Gasteiger partial charge in [0, 0.05) is 18.0 Å². The van der Waals surface area contributed by atoms with Crippen molar-refractivity contribution < 1.29 is 0 Å². The van der Waals surface area contributed by atoms with Gasteiger partial charge in [-0.25, -0.2) is 0 Å². The van der Waals surface area contributed by atoms with E-state index in [1.165, 1.54) is 0 Å². The van der Waals surface area contributed by atoms with Gasteiger partial charge in [0.2, 0.25) is 0 Å². The summed E-state index contributed by atoms with van der Waals surface area (Å²) in [5, 5.41) is 3.81. The van der Waals surface area contributed by atoms with Crippen molar-refractivity contribution in [1.29, 1.82) is 0 Å². The van der Waals surface area contributed by atoms with Crippen molar-refractivity contribution in [2.45, 2.75) is 31.2 Å². The maximum atomic E-state index is 5.80. The first-order valence-electron chi connectivity index (χ1n) is 3.81. The summed E-state index contributed by atoms with van der Waals surface area (Å²) in [6.07, 6.45) is 6.46. The minimum Gasteiger partial charge on any atom is -0.310 e. The Hall–Kier alpha value is -0.0100. The highest BCUT2D eigenvalue weighted by molar-refractivity contribution is 6.21. The molecule has 0 atom stereocenters. The lowest BCUT2D eigenvalue weighted by molar-refractivity contribution is 0.359. The fourth-order valence-corrected chi connectivity index (χ4v) is 1.50. The molecule has 0 aromatic heterocycles. The van der Waals surface area contributed by atoms with Crippen LogP contribution in [0.4, 0.5) is 0 Å². The molecule has 58 valence electrons. The van der Waals surface area contributed by atoms with Gasteiger partial charge in [-0.3, -0.25) is 0 Å². The van der Waals surface area contributed by atoms with Crippen molar-refractivity contribution in [2.75, 3.05) is 6.54 Å². The average Bonchev–Trinajstić information content (AvgIpc) is 1.85. The van der Waals surface area contributed by atoms with Crippen LogP contribution >= 0.6 is 11.6 Å². The molecule has 0 aliphatic heterocycles. The topological polar surface area (TPSA) is 12.0 Å². The SMILES string of the molecule is C/C=C/CNC1CC(Cl)C1. The number of allylic oxidation sites excluding steroid dienone is 1. The molecule has 0 aromatic carbocycles. The zero-order chi connectivity index (χ0) is 7.40. The van der Waals surface area contributed by atoms with Gasteiger partial charge in [0.15, 0.2) is 0 Å². The molecular formula is C8H14ClN. The van der Waals surface area contributed by atoms with E-state index in [1.807, 2.05) is 6.92 Å². The molecule has 1 rings (SSSR count). The van der Waals surface area contributed by atoms with Crippen molar-refractivity contribution in [3.8, 4) is 0 Å². The number of halogens is 1. The van der Waals surface area contributed by atoms with Gasteiger partial charge >= 0.3 is 0 Å². The van der Waals surface area contributed by atoms with Crippen LogP contribution in [0.15, 0.2) is 12.2 Å². The summed E-state index contributed by atoms with van der Waals surface area (Å²) in [7, 11) is 0. The summed E-state index contributed by atoms with van der Waals surface area (Å²) in [5.74, 6) is 0. The van der Waals surface area contributed by atoms with Gasteiger partial charge in [-0.2, -0.15) is 0 Å². The molecule has 0 saturated heterocycles. The van der Waals surface area contributed by atoms with Crippen LogP contribution in [-0.4, -0.2) is 18.0 Å². The normalized spacial score (nSPS) is 32.6. The molecule has 0 bridgehead atoms. The molecular weight excluding hydrogens is 146 g/mol. The smallest absolute Gasteiger partial charge is 0.0365 e. The third-order valence-corrected chi connectivity index (χ3v) is 2.20. The Morgan fingerprint density at radius 2 is 2.30 bits per heavy atom. The summed E-state index contributed by atoms with van der Waals surface area (Å²) < 4.78 is 0. The van der Waals surface area contributed by atoms with E-state index in [9.17, 15) is 0 Å². The van der Waals surface area contributed by atoms with Crippen molar-refractivity contribution in [2.24, 2.45) is 0 Å². The number of hydrogen-bond donors (Lipinski definition) is 1. The van der Waals surface area contributed by atoms with Crippen LogP contribution in [0.5, 0.6) is 0 Å². The highest BCUT2D eigenvalue weighted by Gasteiger charge is 2.25. The predicted molar refractivity (Wildman–Crippen MR) is 45.5 cm³/mol. The minimum atomic E-state index is 0.433. The monoisotopic (exact) mass is 159 g/mol. The highest BCUT2D eigenvalue weighted by atomic mass is 35.5. The molecule has 0 spiro atoms. The zero-order valence-electron chi connectivity index (χ0n) is 6.31. The minimum absolute atomic E-state index is 0.433. The lowest BCUT2D eigenvalue weighted by atomic mass is 9.92. The zero-order valence-corrected chi connectivity index (χ0v) is 7.06. The Kier molecular flexibility index (Phi) is 3.23. The Bertz CT molecular complexity index is 116. The van der Waals surface area contributed by atoms with Gasteiger partial charge in [-0.1, -0.05) is 12.2 Å². The Balaban J connectivity index is 1.95. The molecule has 0 amide bonds.